The van der Waals surface area contributed by atoms with Crippen molar-refractivity contribution in [2.24, 2.45) is 51.2 Å². The highest BCUT2D eigenvalue weighted by Gasteiger charge is 2.84. The Labute approximate surface area is 224 Å². The molecule has 0 bridgehead atoms. The molecule has 5 aliphatic carbocycles. The summed E-state index contributed by atoms with van der Waals surface area (Å²) >= 11 is 0. The van der Waals surface area contributed by atoms with Crippen LogP contribution in [0.15, 0.2) is 0 Å². The molecular weight excluding hydrogens is 468 g/mol. The average molecular weight is 521 g/mol. The highest BCUT2D eigenvalue weighted by atomic mass is 16.7. The van der Waals surface area contributed by atoms with Crippen LogP contribution in [-0.2, 0) is 9.47 Å². The second kappa shape index (κ2) is 11.1. The van der Waals surface area contributed by atoms with Gasteiger partial charge < -0.3 is 24.8 Å². The van der Waals surface area contributed by atoms with Crippen molar-refractivity contribution in [1.82, 2.24) is 0 Å². The number of hydrogen-bond donors (Lipinski definition) is 3. The Morgan fingerprint density at radius 1 is 0.946 bits per heavy atom. The van der Waals surface area contributed by atoms with E-state index in [-0.39, 0.29) is 23.0 Å². The highest BCUT2D eigenvalue weighted by Crippen LogP contribution is 2.89. The largest absolute Gasteiger partial charge is 0.507 e. The van der Waals surface area contributed by atoms with Gasteiger partial charge in [-0.05, 0) is 115 Å². The van der Waals surface area contributed by atoms with Crippen LogP contribution in [0.1, 0.15) is 91.9 Å². The zero-order valence-electron chi connectivity index (χ0n) is 24.0. The van der Waals surface area contributed by atoms with Crippen molar-refractivity contribution in [2.75, 3.05) is 20.8 Å². The summed E-state index contributed by atoms with van der Waals surface area (Å²) in [5.74, 6) is 3.10. The number of unbranched alkanes of at least 4 members (excludes halogenated alkanes) is 1. The molecule has 0 aromatic carbocycles. The maximum Gasteiger partial charge on any atom is 0.507 e. The monoisotopic (exact) mass is 520 g/mol. The predicted molar refractivity (Wildman–Crippen MR) is 144 cm³/mol. The zero-order chi connectivity index (χ0) is 27.8. The molecule has 0 aromatic heterocycles. The van der Waals surface area contributed by atoms with Crippen molar-refractivity contribution in [3.05, 3.63) is 0 Å². The molecule has 0 heterocycles. The minimum absolute atomic E-state index is 0.0196. The first-order valence-electron chi connectivity index (χ1n) is 14.4. The van der Waals surface area contributed by atoms with E-state index in [1.807, 2.05) is 0 Å². The molecule has 6 heteroatoms. The summed E-state index contributed by atoms with van der Waals surface area (Å²) in [4.78, 5) is 11.2. The number of rotatable bonds is 5. The van der Waals surface area contributed by atoms with Crippen LogP contribution in [0, 0.1) is 64.1 Å². The Balaban J connectivity index is 0.000000907. The number of fused-ring (bicyclic) bond motifs is 2. The van der Waals surface area contributed by atoms with Gasteiger partial charge in [-0.25, -0.2) is 4.79 Å². The molecule has 212 valence electrons. The van der Waals surface area contributed by atoms with Crippen molar-refractivity contribution >= 4 is 6.16 Å². The zero-order valence-corrected chi connectivity index (χ0v) is 24.0. The fourth-order valence-electron chi connectivity index (χ4n) is 10.9. The van der Waals surface area contributed by atoms with E-state index in [1.165, 1.54) is 39.2 Å². The summed E-state index contributed by atoms with van der Waals surface area (Å²) in [5.41, 5.74) is 1.11. The molecule has 3 unspecified atom stereocenters. The fraction of sp³-hybridized carbons (Fsp3) is 0.903. The SMILES string of the molecule is C#C.CO.COC(=O)OCCCC[C@H]1[C@H](O)CC2[C@@H]3CCC4C(C)(C)[C@@H](O)CCC45[C@@H](C)[C@@]35CC[C@@]21C. The van der Waals surface area contributed by atoms with Gasteiger partial charge in [0.15, 0.2) is 0 Å². The molecule has 5 saturated carbocycles. The van der Waals surface area contributed by atoms with Crippen LogP contribution in [0.4, 0.5) is 4.79 Å². The van der Waals surface area contributed by atoms with Crippen LogP contribution < -0.4 is 0 Å². The summed E-state index contributed by atoms with van der Waals surface area (Å²) in [6.45, 7) is 10.1. The van der Waals surface area contributed by atoms with Crippen LogP contribution in [-0.4, -0.2) is 54.5 Å². The maximum atomic E-state index is 11.2. The van der Waals surface area contributed by atoms with Crippen LogP contribution >= 0.6 is 0 Å². The predicted octanol–water partition coefficient (Wildman–Crippen LogP) is 5.42. The first-order chi connectivity index (χ1) is 17.6. The smallest absolute Gasteiger partial charge is 0.438 e. The van der Waals surface area contributed by atoms with Crippen LogP contribution in [0.2, 0.25) is 0 Å². The molecular formula is C31H52O6. The Morgan fingerprint density at radius 2 is 1.62 bits per heavy atom. The van der Waals surface area contributed by atoms with E-state index >= 15 is 0 Å². The molecule has 0 saturated heterocycles. The third kappa shape index (κ3) is 4.23. The number of carbonyl (C=O) groups excluding carboxylic acids is 1. The first-order valence-corrected chi connectivity index (χ1v) is 14.4. The van der Waals surface area contributed by atoms with E-state index in [4.69, 9.17) is 9.84 Å². The second-order valence-corrected chi connectivity index (χ2v) is 13.2. The van der Waals surface area contributed by atoms with E-state index in [0.29, 0.717) is 35.2 Å². The lowest BCUT2D eigenvalue weighted by molar-refractivity contribution is -0.132. The van der Waals surface area contributed by atoms with Gasteiger partial charge in [-0.2, -0.15) is 0 Å². The van der Waals surface area contributed by atoms with Crippen molar-refractivity contribution in [2.45, 2.75) is 104 Å². The van der Waals surface area contributed by atoms with Crippen LogP contribution in [0.25, 0.3) is 0 Å². The number of aliphatic hydroxyl groups is 3. The molecule has 0 amide bonds. The number of aliphatic hydroxyl groups excluding tert-OH is 3. The Hall–Kier alpha value is -1.29. The lowest BCUT2D eigenvalue weighted by Gasteiger charge is -2.59. The van der Waals surface area contributed by atoms with E-state index < -0.39 is 6.16 Å². The molecule has 0 aromatic rings. The summed E-state index contributed by atoms with van der Waals surface area (Å²) in [6, 6.07) is 0. The molecule has 2 spiro atoms. The number of carbonyl (C=O) groups is 1. The number of methoxy groups -OCH3 is 1. The first kappa shape index (κ1) is 30.3. The molecule has 0 aliphatic heterocycles. The van der Waals surface area contributed by atoms with Crippen molar-refractivity contribution in [3.63, 3.8) is 0 Å². The van der Waals surface area contributed by atoms with Crippen LogP contribution in [0.3, 0.4) is 0 Å². The highest BCUT2D eigenvalue weighted by molar-refractivity contribution is 5.59. The second-order valence-electron chi connectivity index (χ2n) is 13.2. The van der Waals surface area contributed by atoms with Gasteiger partial charge in [0.1, 0.15) is 0 Å². The normalized spacial score (nSPS) is 46.2. The summed E-state index contributed by atoms with van der Waals surface area (Å²) in [6.07, 6.45) is 18.0. The standard InChI is InChI=1S/C28H46O5.C2H2.CH4O/c1-17-27-14-13-26(4)19(8-6-7-15-33-24(31)32-5)21(29)16-20(26)18(27)9-10-22-25(2,3)23(30)11-12-28(17,22)27;2*1-2/h17-23,29-30H,6-16H2,1-5H3;1-2H;2H,1H3/t17-,18-,19-,20?,21+,22?,23-,26+,27-,28?;;/m0../s1. The number of ether oxygens (including phenoxy) is 2. The Kier molecular flexibility index (Phi) is 9.05. The van der Waals surface area contributed by atoms with Gasteiger partial charge in [0.05, 0.1) is 25.9 Å². The van der Waals surface area contributed by atoms with E-state index in [2.05, 4.69) is 45.3 Å². The topological polar surface area (TPSA) is 96.2 Å². The molecule has 5 aliphatic rings. The van der Waals surface area contributed by atoms with Crippen molar-refractivity contribution in [1.29, 1.82) is 0 Å². The van der Waals surface area contributed by atoms with Crippen molar-refractivity contribution in [3.8, 4) is 12.8 Å². The van der Waals surface area contributed by atoms with E-state index in [0.717, 1.165) is 51.0 Å². The molecule has 10 atom stereocenters. The van der Waals surface area contributed by atoms with E-state index in [9.17, 15) is 15.0 Å². The third-order valence-corrected chi connectivity index (χ3v) is 12.5. The van der Waals surface area contributed by atoms with E-state index in [1.54, 1.807) is 0 Å². The Morgan fingerprint density at radius 3 is 2.27 bits per heavy atom. The third-order valence-electron chi connectivity index (χ3n) is 12.5. The van der Waals surface area contributed by atoms with Crippen molar-refractivity contribution < 1.29 is 29.6 Å². The lowest BCUT2D eigenvalue weighted by Crippen LogP contribution is -2.54. The molecule has 5 rings (SSSR count). The quantitative estimate of drug-likeness (QED) is 0.254. The number of hydrogen-bond acceptors (Lipinski definition) is 6. The minimum atomic E-state index is -0.609. The van der Waals surface area contributed by atoms with Gasteiger partial charge in [-0.3, -0.25) is 0 Å². The van der Waals surface area contributed by atoms with Gasteiger partial charge >= 0.3 is 6.16 Å². The van der Waals surface area contributed by atoms with Gasteiger partial charge in [-0.15, -0.1) is 12.8 Å². The minimum Gasteiger partial charge on any atom is -0.438 e. The summed E-state index contributed by atoms with van der Waals surface area (Å²) in [7, 11) is 2.34. The van der Waals surface area contributed by atoms with Crippen LogP contribution in [0.5, 0.6) is 0 Å². The average Bonchev–Trinajstić information content (AvgIpc) is 3.32. The molecule has 37 heavy (non-hydrogen) atoms. The van der Waals surface area contributed by atoms with Gasteiger partial charge in [-0.1, -0.05) is 27.7 Å². The van der Waals surface area contributed by atoms with Gasteiger partial charge in [0, 0.05) is 7.11 Å². The fourth-order valence-corrected chi connectivity index (χ4v) is 10.9. The molecule has 6 nitrogen and oxygen atoms in total. The lowest BCUT2D eigenvalue weighted by atomic mass is 9.46. The summed E-state index contributed by atoms with van der Waals surface area (Å²) < 4.78 is 9.60. The molecule has 0 radical (unpaired) electrons. The maximum absolute atomic E-state index is 11.2. The number of terminal acetylenes is 1. The van der Waals surface area contributed by atoms with Gasteiger partial charge in [0.25, 0.3) is 0 Å². The molecule has 5 fully saturated rings. The Bertz CT molecular complexity index is 824. The summed E-state index contributed by atoms with van der Waals surface area (Å²) in [5, 5.41) is 29.1. The molecule has 3 N–H and O–H groups in total. The van der Waals surface area contributed by atoms with Gasteiger partial charge in [0.2, 0.25) is 0 Å².